The second-order valence-corrected chi connectivity index (χ2v) is 3.84. The predicted octanol–water partition coefficient (Wildman–Crippen LogP) is 1.49. The third-order valence-electron chi connectivity index (χ3n) is 1.66. The van der Waals surface area contributed by atoms with Crippen LogP contribution in [0, 0.1) is 13.8 Å². The summed E-state index contributed by atoms with van der Waals surface area (Å²) in [6.07, 6.45) is 0. The molecule has 6 heteroatoms. The van der Waals surface area contributed by atoms with Gasteiger partial charge in [0.1, 0.15) is 5.82 Å². The van der Waals surface area contributed by atoms with Gasteiger partial charge in [0.15, 0.2) is 11.0 Å². The monoisotopic (exact) mass is 209 g/mol. The second-order valence-electron chi connectivity index (χ2n) is 2.98. The van der Waals surface area contributed by atoms with Crippen molar-refractivity contribution in [2.45, 2.75) is 20.4 Å². The SMILES string of the molecule is Cc1csc(NCc2n[nH]c(C)n2)n1. The maximum Gasteiger partial charge on any atom is 0.183 e. The summed E-state index contributed by atoms with van der Waals surface area (Å²) in [5, 5.41) is 12.9. The van der Waals surface area contributed by atoms with Crippen LogP contribution in [-0.4, -0.2) is 20.2 Å². The Balaban J connectivity index is 1.94. The molecule has 2 N–H and O–H groups in total. The smallest absolute Gasteiger partial charge is 0.183 e. The largest absolute Gasteiger partial charge is 0.354 e. The zero-order chi connectivity index (χ0) is 9.97. The Morgan fingerprint density at radius 2 is 2.29 bits per heavy atom. The topological polar surface area (TPSA) is 66.5 Å². The number of aromatic amines is 1. The van der Waals surface area contributed by atoms with Crippen molar-refractivity contribution in [2.24, 2.45) is 0 Å². The van der Waals surface area contributed by atoms with Gasteiger partial charge in [0.2, 0.25) is 0 Å². The van der Waals surface area contributed by atoms with Crippen molar-refractivity contribution in [3.63, 3.8) is 0 Å². The number of thiazole rings is 1. The average molecular weight is 209 g/mol. The van der Waals surface area contributed by atoms with E-state index in [1.165, 1.54) is 0 Å². The molecule has 0 aromatic carbocycles. The van der Waals surface area contributed by atoms with Gasteiger partial charge >= 0.3 is 0 Å². The summed E-state index contributed by atoms with van der Waals surface area (Å²) < 4.78 is 0. The number of anilines is 1. The Bertz CT molecular complexity index is 379. The first kappa shape index (κ1) is 9.14. The van der Waals surface area contributed by atoms with Gasteiger partial charge in [-0.05, 0) is 13.8 Å². The molecule has 0 bridgehead atoms. The molecule has 0 radical (unpaired) electrons. The fraction of sp³-hybridized carbons (Fsp3) is 0.375. The zero-order valence-corrected chi connectivity index (χ0v) is 8.85. The summed E-state index contributed by atoms with van der Waals surface area (Å²) in [6, 6.07) is 0. The normalized spacial score (nSPS) is 10.4. The van der Waals surface area contributed by atoms with Gasteiger partial charge in [-0.3, -0.25) is 5.10 Å². The minimum absolute atomic E-state index is 0.608. The maximum atomic E-state index is 4.27. The average Bonchev–Trinajstić information content (AvgIpc) is 2.72. The van der Waals surface area contributed by atoms with Gasteiger partial charge in [-0.2, -0.15) is 5.10 Å². The first-order valence-electron chi connectivity index (χ1n) is 4.28. The van der Waals surface area contributed by atoms with Gasteiger partial charge in [0, 0.05) is 5.38 Å². The fourth-order valence-electron chi connectivity index (χ4n) is 1.06. The molecule has 2 heterocycles. The number of H-pyrrole nitrogens is 1. The van der Waals surface area contributed by atoms with E-state index in [0.717, 1.165) is 22.5 Å². The third kappa shape index (κ3) is 2.08. The highest BCUT2D eigenvalue weighted by Crippen LogP contribution is 2.14. The molecule has 2 rings (SSSR count). The quantitative estimate of drug-likeness (QED) is 0.803. The van der Waals surface area contributed by atoms with E-state index in [0.29, 0.717) is 6.54 Å². The molecular weight excluding hydrogens is 198 g/mol. The highest BCUT2D eigenvalue weighted by atomic mass is 32.1. The molecule has 14 heavy (non-hydrogen) atoms. The summed E-state index contributed by atoms with van der Waals surface area (Å²) in [5.74, 6) is 1.59. The minimum Gasteiger partial charge on any atom is -0.354 e. The standard InChI is InChI=1S/C8H11N5S/c1-5-4-14-8(10-5)9-3-7-11-6(2)12-13-7/h4H,3H2,1-2H3,(H,9,10)(H,11,12,13). The molecule has 74 valence electrons. The van der Waals surface area contributed by atoms with E-state index < -0.39 is 0 Å². The molecule has 0 fully saturated rings. The third-order valence-corrected chi connectivity index (χ3v) is 2.58. The van der Waals surface area contributed by atoms with Crippen LogP contribution in [0.15, 0.2) is 5.38 Å². The molecule has 0 saturated carbocycles. The molecule has 2 aromatic heterocycles. The van der Waals surface area contributed by atoms with Gasteiger partial charge in [-0.1, -0.05) is 0 Å². The van der Waals surface area contributed by atoms with Gasteiger partial charge in [0.25, 0.3) is 0 Å². The molecule has 0 aliphatic rings. The molecule has 0 aliphatic heterocycles. The maximum absolute atomic E-state index is 4.27. The highest BCUT2D eigenvalue weighted by molar-refractivity contribution is 7.13. The van der Waals surface area contributed by atoms with E-state index in [9.17, 15) is 0 Å². The number of hydrogen-bond donors (Lipinski definition) is 2. The number of hydrogen-bond acceptors (Lipinski definition) is 5. The first-order valence-corrected chi connectivity index (χ1v) is 5.16. The number of aromatic nitrogens is 4. The van der Waals surface area contributed by atoms with E-state index in [1.807, 2.05) is 19.2 Å². The molecule has 2 aromatic rings. The van der Waals surface area contributed by atoms with Crippen LogP contribution >= 0.6 is 11.3 Å². The summed E-state index contributed by atoms with van der Waals surface area (Å²) in [7, 11) is 0. The van der Waals surface area contributed by atoms with Crippen LogP contribution in [0.5, 0.6) is 0 Å². The molecule has 0 atom stereocenters. The van der Waals surface area contributed by atoms with Crippen LogP contribution in [-0.2, 0) is 6.54 Å². The lowest BCUT2D eigenvalue weighted by atomic mass is 10.6. The Labute approximate surface area is 85.6 Å². The van der Waals surface area contributed by atoms with Crippen molar-refractivity contribution in [1.82, 2.24) is 20.2 Å². The number of aryl methyl sites for hydroxylation is 2. The summed E-state index contributed by atoms with van der Waals surface area (Å²) in [4.78, 5) is 8.45. The number of nitrogens with zero attached hydrogens (tertiary/aromatic N) is 3. The van der Waals surface area contributed by atoms with Crippen molar-refractivity contribution in [2.75, 3.05) is 5.32 Å². The zero-order valence-electron chi connectivity index (χ0n) is 8.03. The van der Waals surface area contributed by atoms with Gasteiger partial charge in [-0.15, -0.1) is 11.3 Å². The molecule has 0 aliphatic carbocycles. The van der Waals surface area contributed by atoms with E-state index in [-0.39, 0.29) is 0 Å². The van der Waals surface area contributed by atoms with Crippen molar-refractivity contribution >= 4 is 16.5 Å². The van der Waals surface area contributed by atoms with Gasteiger partial charge < -0.3 is 5.32 Å². The Morgan fingerprint density at radius 3 is 2.86 bits per heavy atom. The van der Waals surface area contributed by atoms with Gasteiger partial charge in [0.05, 0.1) is 12.2 Å². The summed E-state index contributed by atoms with van der Waals surface area (Å²) in [5.41, 5.74) is 1.03. The Kier molecular flexibility index (Phi) is 2.45. The van der Waals surface area contributed by atoms with Crippen molar-refractivity contribution in [3.8, 4) is 0 Å². The Hall–Kier alpha value is -1.43. The van der Waals surface area contributed by atoms with Crippen LogP contribution in [0.4, 0.5) is 5.13 Å². The predicted molar refractivity (Wildman–Crippen MR) is 55.3 cm³/mol. The summed E-state index contributed by atoms with van der Waals surface area (Å²) >= 11 is 1.59. The molecule has 0 unspecified atom stereocenters. The van der Waals surface area contributed by atoms with Crippen LogP contribution in [0.2, 0.25) is 0 Å². The minimum atomic E-state index is 0.608. The lowest BCUT2D eigenvalue weighted by Gasteiger charge is -1.96. The molecular formula is C8H11N5S. The van der Waals surface area contributed by atoms with Crippen molar-refractivity contribution in [1.29, 1.82) is 0 Å². The van der Waals surface area contributed by atoms with Crippen LogP contribution in [0.1, 0.15) is 17.3 Å². The van der Waals surface area contributed by atoms with Crippen LogP contribution < -0.4 is 5.32 Å². The molecule has 0 saturated heterocycles. The fourth-order valence-corrected chi connectivity index (χ4v) is 1.74. The summed E-state index contributed by atoms with van der Waals surface area (Å²) in [6.45, 7) is 4.46. The molecule has 5 nitrogen and oxygen atoms in total. The van der Waals surface area contributed by atoms with Gasteiger partial charge in [-0.25, -0.2) is 9.97 Å². The lowest BCUT2D eigenvalue weighted by Crippen LogP contribution is -2.00. The number of nitrogens with one attached hydrogen (secondary N) is 2. The second kappa shape index (κ2) is 3.75. The van der Waals surface area contributed by atoms with E-state index in [1.54, 1.807) is 11.3 Å². The van der Waals surface area contributed by atoms with Crippen LogP contribution in [0.25, 0.3) is 0 Å². The van der Waals surface area contributed by atoms with Crippen LogP contribution in [0.3, 0.4) is 0 Å². The molecule has 0 spiro atoms. The lowest BCUT2D eigenvalue weighted by molar-refractivity contribution is 0.950. The van der Waals surface area contributed by atoms with E-state index >= 15 is 0 Å². The highest BCUT2D eigenvalue weighted by Gasteiger charge is 2.01. The van der Waals surface area contributed by atoms with Crippen molar-refractivity contribution < 1.29 is 0 Å². The number of rotatable bonds is 3. The molecule has 0 amide bonds. The van der Waals surface area contributed by atoms with E-state index in [2.05, 4.69) is 25.5 Å². The first-order chi connectivity index (χ1) is 6.74. The van der Waals surface area contributed by atoms with E-state index in [4.69, 9.17) is 0 Å². The Morgan fingerprint density at radius 1 is 1.43 bits per heavy atom. The van der Waals surface area contributed by atoms with Crippen molar-refractivity contribution in [3.05, 3.63) is 22.7 Å².